The van der Waals surface area contributed by atoms with Gasteiger partial charge in [-0.05, 0) is 42.5 Å². The highest BCUT2D eigenvalue weighted by molar-refractivity contribution is 5.39. The van der Waals surface area contributed by atoms with Gasteiger partial charge in [0.1, 0.15) is 0 Å². The van der Waals surface area contributed by atoms with Crippen LogP contribution in [0.5, 0.6) is 0 Å². The van der Waals surface area contributed by atoms with Gasteiger partial charge in [0.2, 0.25) is 0 Å². The number of nitriles is 1. The van der Waals surface area contributed by atoms with E-state index in [9.17, 15) is 5.11 Å². The van der Waals surface area contributed by atoms with Gasteiger partial charge in [0.05, 0.1) is 17.7 Å². The van der Waals surface area contributed by atoms with Crippen LogP contribution in [0.15, 0.2) is 18.2 Å². The number of aliphatic hydroxyl groups is 1. The highest BCUT2D eigenvalue weighted by Crippen LogP contribution is 2.22. The summed E-state index contributed by atoms with van der Waals surface area (Å²) in [5, 5.41) is 18.1. The van der Waals surface area contributed by atoms with Gasteiger partial charge in [0.15, 0.2) is 0 Å². The number of aryl methyl sites for hydroxylation is 1. The molecule has 1 N–H and O–H groups in total. The van der Waals surface area contributed by atoms with Crippen LogP contribution in [0.1, 0.15) is 23.1 Å². The highest BCUT2D eigenvalue weighted by Gasteiger charge is 2.15. The fourth-order valence-electron chi connectivity index (χ4n) is 1.81. The second kappa shape index (κ2) is 3.20. The van der Waals surface area contributed by atoms with E-state index in [2.05, 4.69) is 6.07 Å². The summed E-state index contributed by atoms with van der Waals surface area (Å²) in [7, 11) is 0. The molecule has 0 heterocycles. The highest BCUT2D eigenvalue weighted by atomic mass is 16.3. The van der Waals surface area contributed by atoms with Gasteiger partial charge in [-0.2, -0.15) is 5.26 Å². The molecular weight excluding hydrogens is 162 g/mol. The molecule has 1 unspecified atom stereocenters. The van der Waals surface area contributed by atoms with Crippen molar-refractivity contribution in [3.05, 3.63) is 34.9 Å². The SMILES string of the molecule is N#Cc1ccc2c(c1)CCC(O)C2. The smallest absolute Gasteiger partial charge is 0.0991 e. The molecule has 13 heavy (non-hydrogen) atoms. The lowest BCUT2D eigenvalue weighted by molar-refractivity contribution is 0.158. The molecule has 2 rings (SSSR count). The molecule has 1 aromatic rings. The zero-order chi connectivity index (χ0) is 9.26. The number of hydrogen-bond donors (Lipinski definition) is 1. The van der Waals surface area contributed by atoms with Crippen molar-refractivity contribution in [1.82, 2.24) is 0 Å². The minimum atomic E-state index is -0.194. The Labute approximate surface area is 77.4 Å². The van der Waals surface area contributed by atoms with Crippen LogP contribution in [0.4, 0.5) is 0 Å². The fraction of sp³-hybridized carbons (Fsp3) is 0.364. The lowest BCUT2D eigenvalue weighted by Gasteiger charge is -2.20. The first-order chi connectivity index (χ1) is 6.29. The van der Waals surface area contributed by atoms with Crippen molar-refractivity contribution in [2.45, 2.75) is 25.4 Å². The van der Waals surface area contributed by atoms with Crippen LogP contribution in [0.25, 0.3) is 0 Å². The predicted molar refractivity (Wildman–Crippen MR) is 49.2 cm³/mol. The van der Waals surface area contributed by atoms with Crippen molar-refractivity contribution in [2.24, 2.45) is 0 Å². The van der Waals surface area contributed by atoms with E-state index < -0.39 is 0 Å². The van der Waals surface area contributed by atoms with Crippen molar-refractivity contribution in [3.8, 4) is 6.07 Å². The lowest BCUT2D eigenvalue weighted by atomic mass is 9.89. The van der Waals surface area contributed by atoms with Gasteiger partial charge in [-0.3, -0.25) is 0 Å². The first-order valence-electron chi connectivity index (χ1n) is 4.49. The van der Waals surface area contributed by atoms with Crippen LogP contribution < -0.4 is 0 Å². The number of aliphatic hydroxyl groups excluding tert-OH is 1. The molecule has 1 aromatic carbocycles. The average Bonchev–Trinajstić information content (AvgIpc) is 2.17. The molecule has 1 aliphatic carbocycles. The van der Waals surface area contributed by atoms with Crippen LogP contribution in [-0.4, -0.2) is 11.2 Å². The van der Waals surface area contributed by atoms with Crippen LogP contribution in [0.2, 0.25) is 0 Å². The molecule has 0 spiro atoms. The molecule has 0 bridgehead atoms. The standard InChI is InChI=1S/C11H11NO/c12-7-8-1-2-10-6-11(13)4-3-9(10)5-8/h1-2,5,11,13H,3-4,6H2. The molecule has 1 atom stereocenters. The monoisotopic (exact) mass is 173 g/mol. The van der Waals surface area contributed by atoms with E-state index in [-0.39, 0.29) is 6.10 Å². The van der Waals surface area contributed by atoms with Gasteiger partial charge in [-0.1, -0.05) is 6.07 Å². The van der Waals surface area contributed by atoms with Gasteiger partial charge in [0.25, 0.3) is 0 Å². The summed E-state index contributed by atoms with van der Waals surface area (Å²) >= 11 is 0. The van der Waals surface area contributed by atoms with E-state index in [1.165, 1.54) is 11.1 Å². The number of fused-ring (bicyclic) bond motifs is 1. The maximum atomic E-state index is 9.42. The Kier molecular flexibility index (Phi) is 2.03. The number of hydrogen-bond acceptors (Lipinski definition) is 2. The Morgan fingerprint density at radius 1 is 1.38 bits per heavy atom. The Bertz CT molecular complexity index is 365. The second-order valence-corrected chi connectivity index (χ2v) is 3.49. The van der Waals surface area contributed by atoms with E-state index in [1.54, 1.807) is 0 Å². The Balaban J connectivity index is 2.38. The van der Waals surface area contributed by atoms with Crippen LogP contribution >= 0.6 is 0 Å². The Hall–Kier alpha value is -1.33. The maximum Gasteiger partial charge on any atom is 0.0991 e. The molecule has 0 aliphatic heterocycles. The van der Waals surface area contributed by atoms with Gasteiger partial charge in [0, 0.05) is 0 Å². The number of rotatable bonds is 0. The molecule has 2 heteroatoms. The van der Waals surface area contributed by atoms with Crippen LogP contribution in [-0.2, 0) is 12.8 Å². The normalized spacial score (nSPS) is 20.5. The Morgan fingerprint density at radius 2 is 2.23 bits per heavy atom. The third kappa shape index (κ3) is 1.56. The summed E-state index contributed by atoms with van der Waals surface area (Å²) in [6.07, 6.45) is 2.26. The first kappa shape index (κ1) is 8.28. The minimum Gasteiger partial charge on any atom is -0.393 e. The van der Waals surface area contributed by atoms with Crippen molar-refractivity contribution in [1.29, 1.82) is 5.26 Å². The predicted octanol–water partition coefficient (Wildman–Crippen LogP) is 1.41. The van der Waals surface area contributed by atoms with E-state index >= 15 is 0 Å². The summed E-state index contributed by atoms with van der Waals surface area (Å²) in [5.74, 6) is 0. The van der Waals surface area contributed by atoms with Gasteiger partial charge in [-0.25, -0.2) is 0 Å². The van der Waals surface area contributed by atoms with E-state index in [1.807, 2.05) is 18.2 Å². The molecule has 0 aromatic heterocycles. The number of benzene rings is 1. The van der Waals surface area contributed by atoms with Gasteiger partial charge < -0.3 is 5.11 Å². The average molecular weight is 173 g/mol. The maximum absolute atomic E-state index is 9.42. The summed E-state index contributed by atoms with van der Waals surface area (Å²) < 4.78 is 0. The second-order valence-electron chi connectivity index (χ2n) is 3.49. The summed E-state index contributed by atoms with van der Waals surface area (Å²) in [5.41, 5.74) is 3.14. The summed E-state index contributed by atoms with van der Waals surface area (Å²) in [4.78, 5) is 0. The van der Waals surface area contributed by atoms with Crippen molar-refractivity contribution >= 4 is 0 Å². The van der Waals surface area contributed by atoms with Crippen molar-refractivity contribution in [2.75, 3.05) is 0 Å². The quantitative estimate of drug-likeness (QED) is 0.644. The molecule has 0 amide bonds. The van der Waals surface area contributed by atoms with Gasteiger partial charge >= 0.3 is 0 Å². The number of nitrogens with zero attached hydrogens (tertiary/aromatic N) is 1. The fourth-order valence-corrected chi connectivity index (χ4v) is 1.81. The largest absolute Gasteiger partial charge is 0.393 e. The Morgan fingerprint density at radius 3 is 3.00 bits per heavy atom. The zero-order valence-electron chi connectivity index (χ0n) is 7.33. The molecule has 0 saturated carbocycles. The van der Waals surface area contributed by atoms with E-state index in [0.29, 0.717) is 0 Å². The van der Waals surface area contributed by atoms with Gasteiger partial charge in [-0.15, -0.1) is 0 Å². The zero-order valence-corrected chi connectivity index (χ0v) is 7.33. The molecule has 1 aliphatic rings. The first-order valence-corrected chi connectivity index (χ1v) is 4.49. The van der Waals surface area contributed by atoms with E-state index in [0.717, 1.165) is 24.8 Å². The third-order valence-corrected chi connectivity index (χ3v) is 2.54. The topological polar surface area (TPSA) is 44.0 Å². The molecule has 0 saturated heterocycles. The van der Waals surface area contributed by atoms with Crippen LogP contribution in [0.3, 0.4) is 0 Å². The minimum absolute atomic E-state index is 0.194. The lowest BCUT2D eigenvalue weighted by Crippen LogP contribution is -2.18. The third-order valence-electron chi connectivity index (χ3n) is 2.54. The summed E-state index contributed by atoms with van der Waals surface area (Å²) in [6.45, 7) is 0. The molecule has 0 fully saturated rings. The molecule has 66 valence electrons. The molecular formula is C11H11NO. The van der Waals surface area contributed by atoms with E-state index in [4.69, 9.17) is 5.26 Å². The van der Waals surface area contributed by atoms with Crippen LogP contribution in [0, 0.1) is 11.3 Å². The summed E-state index contributed by atoms with van der Waals surface area (Å²) in [6, 6.07) is 7.83. The van der Waals surface area contributed by atoms with Crippen molar-refractivity contribution < 1.29 is 5.11 Å². The van der Waals surface area contributed by atoms with Crippen molar-refractivity contribution in [3.63, 3.8) is 0 Å². The molecule has 0 radical (unpaired) electrons. The molecule has 2 nitrogen and oxygen atoms in total.